The van der Waals surface area contributed by atoms with Gasteiger partial charge in [-0.2, -0.15) is 0 Å². The number of likely N-dealkylation sites (N-methyl/N-ethyl adjacent to an activating group) is 1. The molecular weight excluding hydrogens is 358 g/mol. The lowest BCUT2D eigenvalue weighted by Crippen LogP contribution is -2.57. The van der Waals surface area contributed by atoms with E-state index in [1.165, 1.54) is 6.33 Å². The average molecular weight is 383 g/mol. The van der Waals surface area contributed by atoms with Crippen LogP contribution in [0.25, 0.3) is 11.3 Å². The molecule has 2 aromatic heterocycles. The van der Waals surface area contributed by atoms with E-state index in [1.807, 2.05) is 25.1 Å². The van der Waals surface area contributed by atoms with Crippen molar-refractivity contribution in [2.75, 3.05) is 51.4 Å². The first kappa shape index (κ1) is 19.6. The zero-order valence-corrected chi connectivity index (χ0v) is 16.3. The van der Waals surface area contributed by atoms with E-state index in [-0.39, 0.29) is 17.5 Å². The normalized spacial score (nSPS) is 14.4. The number of pyridine rings is 1. The van der Waals surface area contributed by atoms with Gasteiger partial charge in [-0.3, -0.25) is 9.59 Å². The van der Waals surface area contributed by atoms with Crippen molar-refractivity contribution in [3.05, 3.63) is 47.2 Å². The number of amides is 1. The van der Waals surface area contributed by atoms with Crippen LogP contribution >= 0.6 is 0 Å². The first-order valence-electron chi connectivity index (χ1n) is 9.06. The van der Waals surface area contributed by atoms with E-state index >= 15 is 0 Å². The molecule has 0 spiro atoms. The highest BCUT2D eigenvalue weighted by Gasteiger charge is 2.29. The standard InChI is InChI=1S/C19H25N7O2/c1-20-17-8-15(22-12-23-17)13-7-16(19(28)21-9-13)24-14-10-26(11-14)18(27)5-4-6-25(2)3/h4-5,7-9,12,14,24H,6,10-11H2,1-3H3,(H,21,28)(H,20,22,23). The second kappa shape index (κ2) is 8.66. The molecule has 3 rings (SSSR count). The van der Waals surface area contributed by atoms with Gasteiger partial charge in [-0.05, 0) is 20.2 Å². The number of H-pyrrole nitrogens is 1. The Morgan fingerprint density at radius 3 is 2.86 bits per heavy atom. The lowest BCUT2D eigenvalue weighted by Gasteiger charge is -2.39. The molecule has 3 N–H and O–H groups in total. The van der Waals surface area contributed by atoms with E-state index in [0.29, 0.717) is 30.3 Å². The third-order valence-electron chi connectivity index (χ3n) is 4.41. The fourth-order valence-corrected chi connectivity index (χ4v) is 2.83. The maximum Gasteiger partial charge on any atom is 0.271 e. The number of rotatable bonds is 7. The molecule has 0 unspecified atom stereocenters. The van der Waals surface area contributed by atoms with Gasteiger partial charge in [0.15, 0.2) is 0 Å². The van der Waals surface area contributed by atoms with Crippen LogP contribution in [0.2, 0.25) is 0 Å². The number of hydrogen-bond acceptors (Lipinski definition) is 7. The van der Waals surface area contributed by atoms with E-state index < -0.39 is 0 Å². The molecule has 1 aliphatic heterocycles. The summed E-state index contributed by atoms with van der Waals surface area (Å²) in [4.78, 5) is 39.0. The van der Waals surface area contributed by atoms with Gasteiger partial charge in [-0.1, -0.05) is 6.08 Å². The minimum absolute atomic E-state index is 0.0110. The molecule has 3 heterocycles. The van der Waals surface area contributed by atoms with Gasteiger partial charge in [0.25, 0.3) is 5.56 Å². The maximum atomic E-state index is 12.2. The molecule has 0 aromatic carbocycles. The van der Waals surface area contributed by atoms with Crippen molar-refractivity contribution in [1.29, 1.82) is 0 Å². The molecule has 1 saturated heterocycles. The van der Waals surface area contributed by atoms with Crippen molar-refractivity contribution < 1.29 is 4.79 Å². The summed E-state index contributed by atoms with van der Waals surface area (Å²) in [5.74, 6) is 0.685. The third kappa shape index (κ3) is 4.74. The van der Waals surface area contributed by atoms with Gasteiger partial charge < -0.3 is 25.4 Å². The van der Waals surface area contributed by atoms with Crippen LogP contribution in [0.1, 0.15) is 0 Å². The number of carbonyl (C=O) groups is 1. The lowest BCUT2D eigenvalue weighted by atomic mass is 10.1. The van der Waals surface area contributed by atoms with E-state index in [4.69, 9.17) is 0 Å². The average Bonchev–Trinajstić information content (AvgIpc) is 2.65. The quantitative estimate of drug-likeness (QED) is 0.602. The molecular formula is C19H25N7O2. The molecule has 0 bridgehead atoms. The van der Waals surface area contributed by atoms with Crippen LogP contribution in [0.5, 0.6) is 0 Å². The lowest BCUT2D eigenvalue weighted by molar-refractivity contribution is -0.129. The van der Waals surface area contributed by atoms with Crippen LogP contribution in [-0.4, -0.2) is 77.5 Å². The summed E-state index contributed by atoms with van der Waals surface area (Å²) in [6.07, 6.45) is 6.54. The van der Waals surface area contributed by atoms with Crippen molar-refractivity contribution in [3.63, 3.8) is 0 Å². The number of aromatic amines is 1. The van der Waals surface area contributed by atoms with Crippen LogP contribution in [-0.2, 0) is 4.79 Å². The molecule has 28 heavy (non-hydrogen) atoms. The van der Waals surface area contributed by atoms with Gasteiger partial charge >= 0.3 is 0 Å². The minimum Gasteiger partial charge on any atom is -0.374 e. The molecule has 9 heteroatoms. The molecule has 1 amide bonds. The molecule has 0 saturated carbocycles. The molecule has 1 aliphatic rings. The van der Waals surface area contributed by atoms with E-state index in [9.17, 15) is 9.59 Å². The Hall–Kier alpha value is -3.20. The summed E-state index contributed by atoms with van der Waals surface area (Å²) in [5, 5.41) is 6.18. The van der Waals surface area contributed by atoms with Crippen LogP contribution in [0, 0.1) is 0 Å². The Labute approximate surface area is 163 Å². The molecule has 9 nitrogen and oxygen atoms in total. The number of nitrogens with zero attached hydrogens (tertiary/aromatic N) is 4. The van der Waals surface area contributed by atoms with Crippen LogP contribution in [0.4, 0.5) is 11.5 Å². The van der Waals surface area contributed by atoms with Gasteiger partial charge in [-0.15, -0.1) is 0 Å². The van der Waals surface area contributed by atoms with Crippen molar-refractivity contribution in [2.45, 2.75) is 6.04 Å². The third-order valence-corrected chi connectivity index (χ3v) is 4.41. The molecule has 1 fully saturated rings. The fraction of sp³-hybridized carbons (Fsp3) is 0.368. The smallest absolute Gasteiger partial charge is 0.271 e. The monoisotopic (exact) mass is 383 g/mol. The Balaban J connectivity index is 1.62. The summed E-state index contributed by atoms with van der Waals surface area (Å²) in [5.41, 5.74) is 1.74. The summed E-state index contributed by atoms with van der Waals surface area (Å²) in [6.45, 7) is 1.85. The van der Waals surface area contributed by atoms with Gasteiger partial charge in [-0.25, -0.2) is 9.97 Å². The van der Waals surface area contributed by atoms with Gasteiger partial charge in [0.05, 0.1) is 11.7 Å². The van der Waals surface area contributed by atoms with Crippen LogP contribution in [0.15, 0.2) is 41.6 Å². The first-order chi connectivity index (χ1) is 13.5. The summed E-state index contributed by atoms with van der Waals surface area (Å²) in [7, 11) is 5.68. The van der Waals surface area contributed by atoms with Gasteiger partial charge in [0, 0.05) is 50.6 Å². The predicted octanol–water partition coefficient (Wildman–Crippen LogP) is 0.614. The predicted molar refractivity (Wildman–Crippen MR) is 109 cm³/mol. The highest BCUT2D eigenvalue weighted by molar-refractivity contribution is 5.88. The van der Waals surface area contributed by atoms with Crippen molar-refractivity contribution in [1.82, 2.24) is 24.8 Å². The topological polar surface area (TPSA) is 106 Å². The molecule has 0 radical (unpaired) electrons. The number of likely N-dealkylation sites (tertiary alicyclic amines) is 1. The molecule has 148 valence electrons. The zero-order valence-electron chi connectivity index (χ0n) is 16.3. The highest BCUT2D eigenvalue weighted by atomic mass is 16.2. The van der Waals surface area contributed by atoms with E-state index in [1.54, 1.807) is 36.4 Å². The molecule has 2 aromatic rings. The number of nitrogens with one attached hydrogen (secondary N) is 3. The Morgan fingerprint density at radius 1 is 1.36 bits per heavy atom. The van der Waals surface area contributed by atoms with Crippen molar-refractivity contribution in [2.24, 2.45) is 0 Å². The van der Waals surface area contributed by atoms with Crippen molar-refractivity contribution >= 4 is 17.4 Å². The summed E-state index contributed by atoms with van der Waals surface area (Å²) < 4.78 is 0. The Bertz CT molecular complexity index is 916. The fourth-order valence-electron chi connectivity index (χ4n) is 2.83. The second-order valence-corrected chi connectivity index (χ2v) is 6.92. The Morgan fingerprint density at radius 2 is 2.14 bits per heavy atom. The van der Waals surface area contributed by atoms with E-state index in [2.05, 4.69) is 25.6 Å². The summed E-state index contributed by atoms with van der Waals surface area (Å²) >= 11 is 0. The first-order valence-corrected chi connectivity index (χ1v) is 9.06. The number of hydrogen-bond donors (Lipinski definition) is 3. The number of carbonyl (C=O) groups excluding carboxylic acids is 1. The van der Waals surface area contributed by atoms with E-state index in [0.717, 1.165) is 12.1 Å². The molecule has 0 aliphatic carbocycles. The van der Waals surface area contributed by atoms with Crippen LogP contribution in [0.3, 0.4) is 0 Å². The largest absolute Gasteiger partial charge is 0.374 e. The Kier molecular flexibility index (Phi) is 6.05. The van der Waals surface area contributed by atoms with Gasteiger partial charge in [0.1, 0.15) is 17.8 Å². The van der Waals surface area contributed by atoms with Gasteiger partial charge in [0.2, 0.25) is 5.91 Å². The number of aromatic nitrogens is 3. The zero-order chi connectivity index (χ0) is 20.1. The maximum absolute atomic E-state index is 12.2. The second-order valence-electron chi connectivity index (χ2n) is 6.92. The molecule has 0 atom stereocenters. The minimum atomic E-state index is -0.206. The van der Waals surface area contributed by atoms with Crippen molar-refractivity contribution in [3.8, 4) is 11.3 Å². The summed E-state index contributed by atoms with van der Waals surface area (Å²) in [6, 6.07) is 3.62. The number of anilines is 2. The highest BCUT2D eigenvalue weighted by Crippen LogP contribution is 2.20. The van der Waals surface area contributed by atoms with Crippen LogP contribution < -0.4 is 16.2 Å². The SMILES string of the molecule is CNc1cc(-c2c[nH]c(=O)c(NC3CN(C(=O)C=CCN(C)C)C3)c2)ncn1.